The van der Waals surface area contributed by atoms with Crippen LogP contribution in [0.4, 0.5) is 10.2 Å². The van der Waals surface area contributed by atoms with Crippen LogP contribution in [0.2, 0.25) is 0 Å². The number of anilines is 1. The van der Waals surface area contributed by atoms with Crippen molar-refractivity contribution < 1.29 is 13.9 Å². The van der Waals surface area contributed by atoms with Crippen LogP contribution in [0.5, 0.6) is 5.75 Å². The van der Waals surface area contributed by atoms with Gasteiger partial charge in [-0.2, -0.15) is 0 Å². The van der Waals surface area contributed by atoms with E-state index >= 15 is 0 Å². The molecule has 3 aromatic heterocycles. The molecule has 7 nitrogen and oxygen atoms in total. The summed E-state index contributed by atoms with van der Waals surface area (Å²) < 4.78 is 20.8. The first-order chi connectivity index (χ1) is 17.0. The molecule has 0 amide bonds. The van der Waals surface area contributed by atoms with Crippen molar-refractivity contribution >= 4 is 5.82 Å². The minimum atomic E-state index is -0.530. The van der Waals surface area contributed by atoms with Gasteiger partial charge in [-0.25, -0.2) is 9.37 Å². The number of nitrogens with zero attached hydrogens (tertiary/aromatic N) is 4. The molecule has 1 saturated heterocycles. The summed E-state index contributed by atoms with van der Waals surface area (Å²) >= 11 is 0. The van der Waals surface area contributed by atoms with Gasteiger partial charge in [0.1, 0.15) is 23.1 Å². The number of rotatable bonds is 6. The van der Waals surface area contributed by atoms with E-state index in [0.29, 0.717) is 37.6 Å². The third-order valence-electron chi connectivity index (χ3n) is 6.53. The Morgan fingerprint density at radius 3 is 2.49 bits per heavy atom. The minimum absolute atomic E-state index is 0.0651. The molecule has 4 aromatic rings. The second kappa shape index (κ2) is 9.76. The molecule has 1 fully saturated rings. The molecule has 0 aliphatic carbocycles. The summed E-state index contributed by atoms with van der Waals surface area (Å²) in [4.78, 5) is 22.6. The Kier molecular flexibility index (Phi) is 6.37. The molecule has 0 saturated carbocycles. The van der Waals surface area contributed by atoms with Crippen molar-refractivity contribution in [1.82, 2.24) is 14.5 Å². The number of benzene rings is 1. The van der Waals surface area contributed by atoms with Crippen molar-refractivity contribution in [2.75, 3.05) is 31.1 Å². The molecule has 8 heteroatoms. The van der Waals surface area contributed by atoms with Crippen molar-refractivity contribution in [1.29, 1.82) is 0 Å². The fourth-order valence-electron chi connectivity index (χ4n) is 4.74. The molecule has 5 rings (SSSR count). The zero-order valence-electron chi connectivity index (χ0n) is 19.5. The highest BCUT2D eigenvalue weighted by Crippen LogP contribution is 2.34. The first kappa shape index (κ1) is 22.9. The molecule has 0 unspecified atom stereocenters. The molecular formula is C27H27FN4O3. The summed E-state index contributed by atoms with van der Waals surface area (Å²) in [6, 6.07) is 16.6. The lowest BCUT2D eigenvalue weighted by molar-refractivity contribution is 0.207. The predicted octanol–water partition coefficient (Wildman–Crippen LogP) is 3.95. The van der Waals surface area contributed by atoms with Crippen LogP contribution in [-0.4, -0.2) is 45.7 Å². The summed E-state index contributed by atoms with van der Waals surface area (Å²) in [6.07, 6.45) is 3.34. The SMILES string of the molecule is Cc1cc(O)c([C@H](c2ccc(F)cc2)N2CCN(c3ccccn3)CC2)c(=O)n1Cc1ccco1. The maximum atomic E-state index is 13.8. The van der Waals surface area contributed by atoms with Gasteiger partial charge in [0.05, 0.1) is 24.4 Å². The minimum Gasteiger partial charge on any atom is -0.507 e. The normalized spacial score (nSPS) is 15.3. The van der Waals surface area contributed by atoms with Crippen molar-refractivity contribution in [2.45, 2.75) is 19.5 Å². The number of halogens is 1. The van der Waals surface area contributed by atoms with Gasteiger partial charge in [-0.05, 0) is 55.0 Å². The van der Waals surface area contributed by atoms with Gasteiger partial charge < -0.3 is 19.0 Å². The van der Waals surface area contributed by atoms with Gasteiger partial charge >= 0.3 is 0 Å². The van der Waals surface area contributed by atoms with Crippen LogP contribution >= 0.6 is 0 Å². The van der Waals surface area contributed by atoms with Crippen molar-refractivity contribution in [3.05, 3.63) is 112 Å². The number of aromatic hydroxyl groups is 1. The highest BCUT2D eigenvalue weighted by Gasteiger charge is 2.32. The Balaban J connectivity index is 1.53. The Morgan fingerprint density at radius 2 is 1.83 bits per heavy atom. The standard InChI is InChI=1S/C27H27FN4O3/c1-19-17-23(33)25(27(34)32(19)18-22-5-4-16-35-22)26(20-7-9-21(28)10-8-20)31-14-12-30(13-15-31)24-6-2-3-11-29-24/h2-11,16-17,26,33H,12-15,18H2,1H3/t26-/m0/s1. The van der Waals surface area contributed by atoms with Gasteiger partial charge in [-0.1, -0.05) is 18.2 Å². The summed E-state index contributed by atoms with van der Waals surface area (Å²) in [6.45, 7) is 4.75. The van der Waals surface area contributed by atoms with E-state index in [1.54, 1.807) is 48.2 Å². The van der Waals surface area contributed by atoms with Crippen LogP contribution in [0.25, 0.3) is 0 Å². The van der Waals surface area contributed by atoms with Crippen molar-refractivity contribution in [3.63, 3.8) is 0 Å². The summed E-state index contributed by atoms with van der Waals surface area (Å²) in [5.41, 5.74) is 1.37. The average molecular weight is 475 g/mol. The number of aromatic nitrogens is 2. The molecule has 180 valence electrons. The van der Waals surface area contributed by atoms with E-state index in [2.05, 4.69) is 14.8 Å². The third-order valence-corrected chi connectivity index (χ3v) is 6.53. The summed E-state index contributed by atoms with van der Waals surface area (Å²) in [7, 11) is 0. The second-order valence-electron chi connectivity index (χ2n) is 8.72. The largest absolute Gasteiger partial charge is 0.507 e. The van der Waals surface area contributed by atoms with Crippen LogP contribution in [0.15, 0.2) is 82.3 Å². The number of furan rings is 1. The molecule has 0 spiro atoms. The topological polar surface area (TPSA) is 74.7 Å². The zero-order valence-corrected chi connectivity index (χ0v) is 19.5. The lowest BCUT2D eigenvalue weighted by Crippen LogP contribution is -2.49. The van der Waals surface area contributed by atoms with Gasteiger partial charge in [0.25, 0.3) is 5.56 Å². The van der Waals surface area contributed by atoms with Crippen molar-refractivity contribution in [3.8, 4) is 5.75 Å². The summed E-state index contributed by atoms with van der Waals surface area (Å²) in [5.74, 6) is 1.14. The van der Waals surface area contributed by atoms with E-state index in [4.69, 9.17) is 4.42 Å². The van der Waals surface area contributed by atoms with Gasteiger partial charge in [-0.3, -0.25) is 9.69 Å². The van der Waals surface area contributed by atoms with Gasteiger partial charge in [0.2, 0.25) is 0 Å². The smallest absolute Gasteiger partial charge is 0.260 e. The van der Waals surface area contributed by atoms with Crippen molar-refractivity contribution in [2.24, 2.45) is 0 Å². The van der Waals surface area contributed by atoms with E-state index in [0.717, 1.165) is 11.4 Å². The molecular weight excluding hydrogens is 447 g/mol. The first-order valence-corrected chi connectivity index (χ1v) is 11.6. The monoisotopic (exact) mass is 474 g/mol. The van der Waals surface area contributed by atoms with E-state index in [1.165, 1.54) is 12.1 Å². The third kappa shape index (κ3) is 4.70. The Labute approximate surface area is 202 Å². The molecule has 1 N–H and O–H groups in total. The highest BCUT2D eigenvalue weighted by molar-refractivity contribution is 5.42. The Morgan fingerprint density at radius 1 is 1.06 bits per heavy atom. The van der Waals surface area contributed by atoms with Crippen LogP contribution in [0.1, 0.15) is 28.6 Å². The average Bonchev–Trinajstić information content (AvgIpc) is 3.39. The van der Waals surface area contributed by atoms with Crippen LogP contribution in [0.3, 0.4) is 0 Å². The molecule has 4 heterocycles. The van der Waals surface area contributed by atoms with E-state index in [-0.39, 0.29) is 29.2 Å². The Hall–Kier alpha value is -3.91. The maximum Gasteiger partial charge on any atom is 0.260 e. The van der Waals surface area contributed by atoms with E-state index < -0.39 is 6.04 Å². The van der Waals surface area contributed by atoms with E-state index in [9.17, 15) is 14.3 Å². The van der Waals surface area contributed by atoms with Gasteiger partial charge in [-0.15, -0.1) is 0 Å². The molecule has 35 heavy (non-hydrogen) atoms. The Bertz CT molecular complexity index is 1330. The van der Waals surface area contributed by atoms with Gasteiger partial charge in [0, 0.05) is 38.1 Å². The molecule has 1 atom stereocenters. The molecule has 1 aliphatic heterocycles. The number of hydrogen-bond acceptors (Lipinski definition) is 6. The fourth-order valence-corrected chi connectivity index (χ4v) is 4.74. The lowest BCUT2D eigenvalue weighted by Gasteiger charge is -2.40. The quantitative estimate of drug-likeness (QED) is 0.456. The molecule has 1 aromatic carbocycles. The molecule has 0 bridgehead atoms. The predicted molar refractivity (Wildman–Crippen MR) is 131 cm³/mol. The molecule has 0 radical (unpaired) electrons. The van der Waals surface area contributed by atoms with Crippen LogP contribution < -0.4 is 10.5 Å². The highest BCUT2D eigenvalue weighted by atomic mass is 19.1. The first-order valence-electron chi connectivity index (χ1n) is 11.6. The fraction of sp³-hybridized carbons (Fsp3) is 0.259. The van der Waals surface area contributed by atoms with Crippen LogP contribution in [-0.2, 0) is 6.54 Å². The second-order valence-corrected chi connectivity index (χ2v) is 8.72. The number of aryl methyl sites for hydroxylation is 1. The number of piperazine rings is 1. The van der Waals surface area contributed by atoms with E-state index in [1.807, 2.05) is 24.3 Å². The lowest BCUT2D eigenvalue weighted by atomic mass is 9.96. The van der Waals surface area contributed by atoms with Crippen LogP contribution in [0, 0.1) is 12.7 Å². The molecule has 1 aliphatic rings. The zero-order chi connectivity index (χ0) is 24.4. The number of pyridine rings is 2. The number of hydrogen-bond donors (Lipinski definition) is 1. The van der Waals surface area contributed by atoms with Gasteiger partial charge in [0.15, 0.2) is 0 Å². The maximum absolute atomic E-state index is 13.8. The summed E-state index contributed by atoms with van der Waals surface area (Å²) in [5, 5.41) is 11.0.